The Labute approximate surface area is 172 Å². The van der Waals surface area contributed by atoms with E-state index < -0.39 is 0 Å². The van der Waals surface area contributed by atoms with Crippen molar-refractivity contribution in [2.45, 2.75) is 0 Å². The molecule has 0 unspecified atom stereocenters. The number of benzene rings is 2. The minimum absolute atomic E-state index is 0. The van der Waals surface area contributed by atoms with Gasteiger partial charge in [0.05, 0.1) is 18.8 Å². The molecule has 2 nitrogen and oxygen atoms in total. The van der Waals surface area contributed by atoms with Crippen molar-refractivity contribution in [2.24, 2.45) is 4.99 Å². The number of halogens is 3. The van der Waals surface area contributed by atoms with Crippen LogP contribution in [0.25, 0.3) is 5.57 Å². The summed E-state index contributed by atoms with van der Waals surface area (Å²) in [4.78, 5) is 6.83. The Kier molecular flexibility index (Phi) is 8.92. The van der Waals surface area contributed by atoms with Crippen LogP contribution in [0.4, 0.5) is 0 Å². The first-order chi connectivity index (χ1) is 11.6. The molecule has 0 saturated carbocycles. The van der Waals surface area contributed by atoms with Gasteiger partial charge in [-0.05, 0) is 37.9 Å². The molecule has 0 saturated heterocycles. The Morgan fingerprint density at radius 1 is 1.04 bits per heavy atom. The molecule has 0 radical (unpaired) electrons. The number of fused-ring (bicyclic) bond motifs is 1. The highest BCUT2D eigenvalue weighted by molar-refractivity contribution is 6.31. The summed E-state index contributed by atoms with van der Waals surface area (Å²) >= 11 is 6.26. The third kappa shape index (κ3) is 5.37. The molecule has 3 rings (SSSR count). The molecule has 0 aliphatic carbocycles. The molecule has 0 N–H and O–H groups in total. The number of hydrogen-bond donors (Lipinski definition) is 0. The monoisotopic (exact) mass is 406 g/mol. The fourth-order valence-corrected chi connectivity index (χ4v) is 2.80. The molecule has 0 bridgehead atoms. The normalized spacial score (nSPS) is 12.3. The van der Waals surface area contributed by atoms with Gasteiger partial charge >= 0.3 is 0 Å². The fraction of sp³-hybridized carbons (Fsp3) is 0.190. The van der Waals surface area contributed by atoms with Crippen molar-refractivity contribution in [1.82, 2.24) is 4.90 Å². The van der Waals surface area contributed by atoms with Crippen LogP contribution >= 0.6 is 36.4 Å². The maximum atomic E-state index is 6.26. The van der Waals surface area contributed by atoms with Gasteiger partial charge in [-0.2, -0.15) is 0 Å². The van der Waals surface area contributed by atoms with E-state index in [1.165, 1.54) is 0 Å². The van der Waals surface area contributed by atoms with Crippen LogP contribution in [-0.2, 0) is 0 Å². The first-order valence-electron chi connectivity index (χ1n) is 7.89. The average Bonchev–Trinajstić information content (AvgIpc) is 2.75. The van der Waals surface area contributed by atoms with Gasteiger partial charge in [0, 0.05) is 21.7 Å². The van der Waals surface area contributed by atoms with Crippen LogP contribution < -0.4 is 0 Å². The highest BCUT2D eigenvalue weighted by Gasteiger charge is 2.16. The minimum Gasteiger partial charge on any atom is -0.299 e. The predicted octanol–water partition coefficient (Wildman–Crippen LogP) is 4.98. The van der Waals surface area contributed by atoms with Crippen LogP contribution in [0.5, 0.6) is 0 Å². The highest BCUT2D eigenvalue weighted by Crippen LogP contribution is 2.27. The van der Waals surface area contributed by atoms with Gasteiger partial charge in [0.2, 0.25) is 0 Å². The summed E-state index contributed by atoms with van der Waals surface area (Å²) in [6.45, 7) is 1.34. The van der Waals surface area contributed by atoms with E-state index in [0.717, 1.165) is 34.5 Å². The number of nitrogens with zero attached hydrogens (tertiary/aromatic N) is 2. The second-order valence-electron chi connectivity index (χ2n) is 5.90. The topological polar surface area (TPSA) is 15.6 Å². The number of allylic oxidation sites excluding steroid dienone is 1. The van der Waals surface area contributed by atoms with Crippen LogP contribution in [-0.4, -0.2) is 37.8 Å². The van der Waals surface area contributed by atoms with E-state index in [4.69, 9.17) is 16.6 Å². The van der Waals surface area contributed by atoms with Crippen molar-refractivity contribution in [2.75, 3.05) is 27.2 Å². The van der Waals surface area contributed by atoms with Gasteiger partial charge in [0.1, 0.15) is 0 Å². The second-order valence-corrected chi connectivity index (χ2v) is 6.34. The number of hydrogen-bond acceptors (Lipinski definition) is 2. The van der Waals surface area contributed by atoms with Gasteiger partial charge < -0.3 is 0 Å². The lowest BCUT2D eigenvalue weighted by molar-refractivity contribution is 0.464. The summed E-state index contributed by atoms with van der Waals surface area (Å²) < 4.78 is 0. The predicted molar refractivity (Wildman–Crippen MR) is 117 cm³/mol. The number of aliphatic imine (C=N–C) groups is 1. The third-order valence-corrected chi connectivity index (χ3v) is 3.97. The molecule has 2 aromatic rings. The van der Waals surface area contributed by atoms with Gasteiger partial charge in [-0.25, -0.2) is 0 Å². The van der Waals surface area contributed by atoms with E-state index in [2.05, 4.69) is 34.9 Å². The molecule has 26 heavy (non-hydrogen) atoms. The summed E-state index contributed by atoms with van der Waals surface area (Å²) in [5.74, 6) is 6.51. The Morgan fingerprint density at radius 2 is 1.77 bits per heavy atom. The summed E-state index contributed by atoms with van der Waals surface area (Å²) in [5.41, 5.74) is 5.20. The maximum Gasteiger partial charge on any atom is 0.0729 e. The van der Waals surface area contributed by atoms with Gasteiger partial charge in [-0.15, -0.1) is 24.8 Å². The molecule has 1 heterocycles. The molecule has 1 aliphatic rings. The zero-order valence-electron chi connectivity index (χ0n) is 14.7. The molecular formula is C21H21Cl3N2. The Balaban J connectivity index is 0.00000169. The SMILES string of the molecule is CN(C)CC#CC1=CCN=C(c2ccccc2)c2cc(Cl)ccc21.Cl.Cl. The van der Waals surface area contributed by atoms with Crippen LogP contribution in [0, 0.1) is 11.8 Å². The smallest absolute Gasteiger partial charge is 0.0729 e. The highest BCUT2D eigenvalue weighted by atomic mass is 35.5. The van der Waals surface area contributed by atoms with Gasteiger partial charge in [-0.3, -0.25) is 9.89 Å². The summed E-state index contributed by atoms with van der Waals surface area (Å²) in [6.07, 6.45) is 2.09. The molecule has 2 aromatic carbocycles. The van der Waals surface area contributed by atoms with Gasteiger partial charge in [0.25, 0.3) is 0 Å². The Bertz CT molecular complexity index is 860. The molecule has 1 aliphatic heterocycles. The van der Waals surface area contributed by atoms with E-state index in [9.17, 15) is 0 Å². The van der Waals surface area contributed by atoms with E-state index in [1.807, 2.05) is 50.5 Å². The van der Waals surface area contributed by atoms with Crippen LogP contribution in [0.1, 0.15) is 16.7 Å². The molecule has 136 valence electrons. The largest absolute Gasteiger partial charge is 0.299 e. The first kappa shape index (κ1) is 22.3. The van der Waals surface area contributed by atoms with Crippen LogP contribution in [0.2, 0.25) is 5.02 Å². The van der Waals surface area contributed by atoms with E-state index >= 15 is 0 Å². The first-order valence-corrected chi connectivity index (χ1v) is 8.27. The molecular weight excluding hydrogens is 387 g/mol. The molecule has 0 aromatic heterocycles. The van der Waals surface area contributed by atoms with Crippen molar-refractivity contribution in [3.8, 4) is 11.8 Å². The molecule has 0 amide bonds. The Morgan fingerprint density at radius 3 is 2.46 bits per heavy atom. The third-order valence-electron chi connectivity index (χ3n) is 3.74. The van der Waals surface area contributed by atoms with Crippen molar-refractivity contribution in [3.05, 3.63) is 76.3 Å². The van der Waals surface area contributed by atoms with Gasteiger partial charge in [-0.1, -0.05) is 59.8 Å². The summed E-state index contributed by atoms with van der Waals surface area (Å²) in [6, 6.07) is 16.1. The molecule has 5 heteroatoms. The molecule has 0 atom stereocenters. The maximum absolute atomic E-state index is 6.26. The lowest BCUT2D eigenvalue weighted by Crippen LogP contribution is -2.10. The lowest BCUT2D eigenvalue weighted by Gasteiger charge is -2.11. The zero-order valence-corrected chi connectivity index (χ0v) is 17.1. The molecule has 0 fully saturated rings. The number of rotatable bonds is 2. The Hall–Kier alpha value is -1.76. The quantitative estimate of drug-likeness (QED) is 0.641. The second kappa shape index (κ2) is 10.4. The summed E-state index contributed by atoms with van der Waals surface area (Å²) in [7, 11) is 4.03. The van der Waals surface area contributed by atoms with Gasteiger partial charge in [0.15, 0.2) is 0 Å². The van der Waals surface area contributed by atoms with Crippen LogP contribution in [0.3, 0.4) is 0 Å². The molecule has 0 spiro atoms. The zero-order chi connectivity index (χ0) is 16.9. The van der Waals surface area contributed by atoms with Crippen molar-refractivity contribution >= 4 is 47.7 Å². The minimum atomic E-state index is 0. The lowest BCUT2D eigenvalue weighted by atomic mass is 9.94. The van der Waals surface area contributed by atoms with Crippen molar-refractivity contribution in [3.63, 3.8) is 0 Å². The van der Waals surface area contributed by atoms with E-state index in [0.29, 0.717) is 11.6 Å². The van der Waals surface area contributed by atoms with E-state index in [-0.39, 0.29) is 24.8 Å². The standard InChI is InChI=1S/C21H19ClN2.2ClH/c1-24(2)14-6-9-16-12-13-23-21(17-7-4-3-5-8-17)20-15-18(22)10-11-19(16)20;;/h3-5,7-8,10-12,15H,13-14H2,1-2H3;2*1H. The average molecular weight is 408 g/mol. The fourth-order valence-electron chi connectivity index (χ4n) is 2.62. The van der Waals surface area contributed by atoms with Crippen molar-refractivity contribution in [1.29, 1.82) is 0 Å². The van der Waals surface area contributed by atoms with Crippen molar-refractivity contribution < 1.29 is 0 Å². The van der Waals surface area contributed by atoms with Crippen LogP contribution in [0.15, 0.2) is 59.6 Å². The van der Waals surface area contributed by atoms with E-state index in [1.54, 1.807) is 0 Å². The summed E-state index contributed by atoms with van der Waals surface area (Å²) in [5, 5.41) is 0.708.